The van der Waals surface area contributed by atoms with E-state index in [2.05, 4.69) is 7.26 Å². The summed E-state index contributed by atoms with van der Waals surface area (Å²) in [6.45, 7) is 0. The van der Waals surface area contributed by atoms with Crippen LogP contribution in [-0.2, 0) is 7.26 Å². The third-order valence-electron chi connectivity index (χ3n) is 0.154. The topological polar surface area (TPSA) is 38.7 Å². The van der Waals surface area contributed by atoms with Gasteiger partial charge in [-0.2, -0.15) is 3.63 Å². The molecule has 0 saturated carbocycles. The van der Waals surface area contributed by atoms with Gasteiger partial charge in [-0.05, 0) is 0 Å². The minimum Gasteiger partial charge on any atom is -0.306 e. The van der Waals surface area contributed by atoms with Gasteiger partial charge < -0.3 is 4.55 Å². The van der Waals surface area contributed by atoms with Gasteiger partial charge in [-0.15, -0.1) is 0 Å². The average Bonchev–Trinajstić information content (AvgIpc) is 1.69. The molecule has 0 atom stereocenters. The van der Waals surface area contributed by atoms with E-state index in [4.69, 9.17) is 4.55 Å². The minimum absolute atomic E-state index is 0.266. The Labute approximate surface area is 55.2 Å². The predicted octanol–water partition coefficient (Wildman–Crippen LogP) is 1.98. The van der Waals surface area contributed by atoms with Gasteiger partial charge in [0.15, 0.2) is 24.6 Å². The first kappa shape index (κ1) is 7.93. The molecule has 44 valence electrons. The van der Waals surface area contributed by atoms with Crippen LogP contribution in [0, 0.1) is 0 Å². The van der Waals surface area contributed by atoms with E-state index >= 15 is 0 Å². The Morgan fingerprint density at radius 2 is 2.14 bits per heavy atom. The number of rotatable bonds is 4. The van der Waals surface area contributed by atoms with Crippen LogP contribution in [-0.4, -0.2) is 10.8 Å². The third-order valence-corrected chi connectivity index (χ3v) is 1.39. The summed E-state index contributed by atoms with van der Waals surface area (Å²) in [7, 11) is 0. The highest BCUT2D eigenvalue weighted by Gasteiger charge is 1.83. The molecule has 0 aliphatic rings. The minimum atomic E-state index is 0.266. The van der Waals surface area contributed by atoms with Crippen molar-refractivity contribution in [2.75, 3.05) is 6.26 Å². The van der Waals surface area contributed by atoms with Gasteiger partial charge in [0.25, 0.3) is 0 Å². The smallest absolute Gasteiger partial charge is 0.186 e. The zero-order valence-electron chi connectivity index (χ0n) is 3.49. The summed E-state index contributed by atoms with van der Waals surface area (Å²) in [5.74, 6) is 0. The Morgan fingerprint density at radius 1 is 1.43 bits per heavy atom. The number of hydrogen-bond donors (Lipinski definition) is 1. The largest absolute Gasteiger partial charge is 0.306 e. The van der Waals surface area contributed by atoms with Crippen molar-refractivity contribution in [2.45, 2.75) is 0 Å². The van der Waals surface area contributed by atoms with Crippen LogP contribution in [0.25, 0.3) is 0 Å². The molecule has 0 aliphatic carbocycles. The lowest BCUT2D eigenvalue weighted by Gasteiger charge is -1.89. The summed E-state index contributed by atoms with van der Waals surface area (Å²) in [6.07, 6.45) is 1.75. The SMILES string of the molecule is CSOSOSO. The van der Waals surface area contributed by atoms with Crippen molar-refractivity contribution < 1.29 is 11.8 Å². The summed E-state index contributed by atoms with van der Waals surface area (Å²) in [5, 5.41) is 0. The lowest BCUT2D eigenvalue weighted by molar-refractivity contribution is 0.557. The van der Waals surface area contributed by atoms with E-state index < -0.39 is 0 Å². The molecule has 0 aromatic heterocycles. The van der Waals surface area contributed by atoms with Gasteiger partial charge in [-0.1, -0.05) is 0 Å². The van der Waals surface area contributed by atoms with Crippen molar-refractivity contribution >= 4 is 36.7 Å². The predicted molar refractivity (Wildman–Crippen MR) is 33.5 cm³/mol. The quantitative estimate of drug-likeness (QED) is 0.501. The first-order chi connectivity index (χ1) is 3.41. The summed E-state index contributed by atoms with van der Waals surface area (Å²) < 4.78 is 16.6. The van der Waals surface area contributed by atoms with Crippen LogP contribution < -0.4 is 0 Å². The molecule has 0 unspecified atom stereocenters. The van der Waals surface area contributed by atoms with Gasteiger partial charge in [0, 0.05) is 18.3 Å². The van der Waals surface area contributed by atoms with Crippen molar-refractivity contribution in [3.63, 3.8) is 0 Å². The molecule has 0 saturated heterocycles. The normalized spacial score (nSPS) is 9.43. The summed E-state index contributed by atoms with van der Waals surface area (Å²) in [6, 6.07) is 0. The summed E-state index contributed by atoms with van der Waals surface area (Å²) in [4.78, 5) is 0. The van der Waals surface area contributed by atoms with E-state index in [9.17, 15) is 0 Å². The lowest BCUT2D eigenvalue weighted by atomic mass is 12.0. The Morgan fingerprint density at radius 3 is 2.57 bits per heavy atom. The molecule has 0 aromatic rings. The monoisotopic (exact) mass is 160 g/mol. The number of hydrogen-bond acceptors (Lipinski definition) is 6. The van der Waals surface area contributed by atoms with E-state index in [0.29, 0.717) is 0 Å². The van der Waals surface area contributed by atoms with Gasteiger partial charge in [-0.3, -0.25) is 0 Å². The molecule has 0 heterocycles. The molecular weight excluding hydrogens is 156 g/mol. The van der Waals surface area contributed by atoms with Gasteiger partial charge >= 0.3 is 0 Å². The second-order valence-electron chi connectivity index (χ2n) is 0.445. The summed E-state index contributed by atoms with van der Waals surface area (Å²) in [5.41, 5.74) is 0. The van der Waals surface area contributed by atoms with Gasteiger partial charge in [-0.25, -0.2) is 3.63 Å². The van der Waals surface area contributed by atoms with Gasteiger partial charge in [0.05, 0.1) is 0 Å². The lowest BCUT2D eigenvalue weighted by Crippen LogP contribution is -1.61. The fraction of sp³-hybridized carbons (Fsp3) is 1.00. The van der Waals surface area contributed by atoms with Crippen LogP contribution in [0.3, 0.4) is 0 Å². The standard InChI is InChI=1S/CH4O3S3/c1-5-3-7-4-6-2/h2H,1H3. The fourth-order valence-electron chi connectivity index (χ4n) is 0.0515. The molecule has 6 heteroatoms. The highest BCUT2D eigenvalue weighted by molar-refractivity contribution is 8.09. The maximum absolute atomic E-state index is 7.88. The van der Waals surface area contributed by atoms with Crippen molar-refractivity contribution in [1.82, 2.24) is 0 Å². The van der Waals surface area contributed by atoms with Crippen molar-refractivity contribution in [2.24, 2.45) is 0 Å². The Bertz CT molecular complexity index is 29.4. The molecule has 7 heavy (non-hydrogen) atoms. The van der Waals surface area contributed by atoms with E-state index in [1.807, 2.05) is 0 Å². The van der Waals surface area contributed by atoms with Crippen LogP contribution in [0.15, 0.2) is 0 Å². The Balaban J connectivity index is 2.45. The second-order valence-corrected chi connectivity index (χ2v) is 2.15. The van der Waals surface area contributed by atoms with Gasteiger partial charge in [0.1, 0.15) is 0 Å². The van der Waals surface area contributed by atoms with Crippen molar-refractivity contribution in [3.05, 3.63) is 0 Å². The Kier molecular flexibility index (Phi) is 7.85. The molecule has 0 spiro atoms. The molecule has 0 radical (unpaired) electrons. The van der Waals surface area contributed by atoms with E-state index in [1.54, 1.807) is 6.26 Å². The van der Waals surface area contributed by atoms with Crippen molar-refractivity contribution in [1.29, 1.82) is 0 Å². The van der Waals surface area contributed by atoms with Crippen LogP contribution in [0.4, 0.5) is 0 Å². The average molecular weight is 160 g/mol. The highest BCUT2D eigenvalue weighted by atomic mass is 32.3. The van der Waals surface area contributed by atoms with Gasteiger partial charge in [0.2, 0.25) is 0 Å². The zero-order chi connectivity index (χ0) is 5.54. The molecule has 0 amide bonds. The van der Waals surface area contributed by atoms with E-state index in [-0.39, 0.29) is 12.3 Å². The van der Waals surface area contributed by atoms with Crippen LogP contribution >= 0.6 is 36.7 Å². The second kappa shape index (κ2) is 6.93. The first-order valence-corrected chi connectivity index (χ1v) is 3.77. The van der Waals surface area contributed by atoms with E-state index in [0.717, 1.165) is 24.4 Å². The molecule has 0 bridgehead atoms. The highest BCUT2D eigenvalue weighted by Crippen LogP contribution is 2.17. The molecule has 0 aromatic carbocycles. The first-order valence-electron chi connectivity index (χ1n) is 1.26. The zero-order valence-corrected chi connectivity index (χ0v) is 5.94. The third kappa shape index (κ3) is 6.93. The fourth-order valence-corrected chi connectivity index (χ4v) is 0.668. The molecular formula is CH4O3S3. The Hall–Kier alpha value is 0.930. The molecule has 3 nitrogen and oxygen atoms in total. The van der Waals surface area contributed by atoms with Crippen molar-refractivity contribution in [3.8, 4) is 0 Å². The maximum Gasteiger partial charge on any atom is 0.186 e. The molecule has 0 fully saturated rings. The molecule has 1 N–H and O–H groups in total. The van der Waals surface area contributed by atoms with E-state index in [1.165, 1.54) is 0 Å². The van der Waals surface area contributed by atoms with Crippen LogP contribution in [0.1, 0.15) is 0 Å². The summed E-state index contributed by atoms with van der Waals surface area (Å²) >= 11 is 2.15. The molecule has 0 rings (SSSR count). The van der Waals surface area contributed by atoms with Crippen LogP contribution in [0.5, 0.6) is 0 Å². The van der Waals surface area contributed by atoms with Crippen LogP contribution in [0.2, 0.25) is 0 Å². The maximum atomic E-state index is 7.88. The molecule has 0 aliphatic heterocycles.